The summed E-state index contributed by atoms with van der Waals surface area (Å²) in [5.41, 5.74) is 1.50. The van der Waals surface area contributed by atoms with Crippen LogP contribution in [0.2, 0.25) is 0 Å². The Balaban J connectivity index is 2.07. The van der Waals surface area contributed by atoms with Crippen molar-refractivity contribution in [1.29, 1.82) is 0 Å². The van der Waals surface area contributed by atoms with Gasteiger partial charge in [-0.25, -0.2) is 4.39 Å². The second-order valence-corrected chi connectivity index (χ2v) is 4.91. The van der Waals surface area contributed by atoms with Crippen LogP contribution in [0.5, 0.6) is 0 Å². The molecule has 3 nitrogen and oxygen atoms in total. The van der Waals surface area contributed by atoms with E-state index in [2.05, 4.69) is 4.98 Å². The average molecular weight is 270 g/mol. The molecule has 2 aromatic rings. The van der Waals surface area contributed by atoms with Crippen molar-refractivity contribution in [3.05, 3.63) is 54.1 Å². The van der Waals surface area contributed by atoms with Gasteiger partial charge in [-0.15, -0.1) is 0 Å². The Morgan fingerprint density at radius 3 is 2.50 bits per heavy atom. The molecule has 3 rings (SSSR count). The Labute approximate surface area is 117 Å². The average Bonchev–Trinajstić information content (AvgIpc) is 3.01. The molecule has 0 radical (unpaired) electrons. The van der Waals surface area contributed by atoms with Crippen LogP contribution in [-0.2, 0) is 0 Å². The van der Waals surface area contributed by atoms with Crippen molar-refractivity contribution < 1.29 is 9.18 Å². The molecule has 0 atom stereocenters. The first-order chi connectivity index (χ1) is 9.77. The zero-order chi connectivity index (χ0) is 13.9. The van der Waals surface area contributed by atoms with Crippen molar-refractivity contribution in [2.45, 2.75) is 12.8 Å². The Kier molecular flexibility index (Phi) is 3.46. The van der Waals surface area contributed by atoms with E-state index in [0.29, 0.717) is 18.7 Å². The Morgan fingerprint density at radius 2 is 1.80 bits per heavy atom. The highest BCUT2D eigenvalue weighted by molar-refractivity contribution is 6.01. The highest BCUT2D eigenvalue weighted by Gasteiger charge is 2.25. The molecule has 1 saturated heterocycles. The number of rotatable bonds is 2. The smallest absolute Gasteiger partial charge is 0.257 e. The van der Waals surface area contributed by atoms with Gasteiger partial charge in [0.25, 0.3) is 5.91 Å². The number of aromatic nitrogens is 1. The van der Waals surface area contributed by atoms with Crippen molar-refractivity contribution in [3.63, 3.8) is 0 Å². The standard InChI is InChI=1S/C16H15FN2O/c17-14-11-18-10-13(12-6-2-1-3-7-12)15(14)16(20)19-8-4-5-9-19/h1-3,6-7,10-11H,4-5,8-9H2. The molecule has 0 spiro atoms. The van der Waals surface area contributed by atoms with E-state index in [0.717, 1.165) is 24.6 Å². The maximum absolute atomic E-state index is 14.1. The minimum absolute atomic E-state index is 0.133. The molecular weight excluding hydrogens is 255 g/mol. The van der Waals surface area contributed by atoms with Crippen LogP contribution in [0.3, 0.4) is 0 Å². The van der Waals surface area contributed by atoms with E-state index in [9.17, 15) is 9.18 Å². The molecule has 2 heterocycles. The highest BCUT2D eigenvalue weighted by atomic mass is 19.1. The second-order valence-electron chi connectivity index (χ2n) is 4.91. The fourth-order valence-corrected chi connectivity index (χ4v) is 2.57. The van der Waals surface area contributed by atoms with Crippen LogP contribution < -0.4 is 0 Å². The monoisotopic (exact) mass is 270 g/mol. The normalized spacial score (nSPS) is 14.6. The minimum atomic E-state index is -0.553. The van der Waals surface area contributed by atoms with Gasteiger partial charge in [-0.2, -0.15) is 0 Å². The summed E-state index contributed by atoms with van der Waals surface area (Å²) in [4.78, 5) is 18.1. The fraction of sp³-hybridized carbons (Fsp3) is 0.250. The molecule has 20 heavy (non-hydrogen) atoms. The summed E-state index contributed by atoms with van der Waals surface area (Å²) in [6.07, 6.45) is 4.63. The van der Waals surface area contributed by atoms with Crippen LogP contribution >= 0.6 is 0 Å². The lowest BCUT2D eigenvalue weighted by molar-refractivity contribution is 0.0789. The number of amides is 1. The van der Waals surface area contributed by atoms with Gasteiger partial charge >= 0.3 is 0 Å². The summed E-state index contributed by atoms with van der Waals surface area (Å²) in [7, 11) is 0. The molecule has 0 aliphatic carbocycles. The van der Waals surface area contributed by atoms with E-state index in [1.165, 1.54) is 0 Å². The van der Waals surface area contributed by atoms with Crippen LogP contribution in [-0.4, -0.2) is 28.9 Å². The van der Waals surface area contributed by atoms with Gasteiger partial charge in [0.2, 0.25) is 0 Å². The van der Waals surface area contributed by atoms with Crippen LogP contribution in [0.1, 0.15) is 23.2 Å². The highest BCUT2D eigenvalue weighted by Crippen LogP contribution is 2.26. The Hall–Kier alpha value is -2.23. The van der Waals surface area contributed by atoms with Gasteiger partial charge < -0.3 is 4.90 Å². The Bertz CT molecular complexity index is 622. The first-order valence-electron chi connectivity index (χ1n) is 6.75. The number of nitrogens with zero attached hydrogens (tertiary/aromatic N) is 2. The van der Waals surface area contributed by atoms with Crippen LogP contribution in [0.25, 0.3) is 11.1 Å². The van der Waals surface area contributed by atoms with Gasteiger partial charge in [-0.05, 0) is 18.4 Å². The molecule has 4 heteroatoms. The third-order valence-corrected chi connectivity index (χ3v) is 3.59. The van der Waals surface area contributed by atoms with Gasteiger partial charge in [0.05, 0.1) is 11.8 Å². The molecule has 0 saturated carbocycles. The largest absolute Gasteiger partial charge is 0.339 e. The molecule has 0 unspecified atom stereocenters. The van der Waals surface area contributed by atoms with Gasteiger partial charge in [0.15, 0.2) is 5.82 Å². The minimum Gasteiger partial charge on any atom is -0.339 e. The summed E-state index contributed by atoms with van der Waals surface area (Å²) in [6, 6.07) is 9.33. The van der Waals surface area contributed by atoms with Crippen LogP contribution in [0.15, 0.2) is 42.7 Å². The lowest BCUT2D eigenvalue weighted by atomic mass is 10.0. The molecule has 0 bridgehead atoms. The van der Waals surface area contributed by atoms with Gasteiger partial charge in [-0.1, -0.05) is 30.3 Å². The molecule has 1 aromatic heterocycles. The SMILES string of the molecule is O=C(c1c(F)cncc1-c1ccccc1)N1CCCC1. The zero-order valence-corrected chi connectivity index (χ0v) is 11.1. The lowest BCUT2D eigenvalue weighted by Crippen LogP contribution is -2.29. The van der Waals surface area contributed by atoms with E-state index in [4.69, 9.17) is 0 Å². The number of halogens is 1. The van der Waals surface area contributed by atoms with Crippen LogP contribution in [0, 0.1) is 5.82 Å². The summed E-state index contributed by atoms with van der Waals surface area (Å²) < 4.78 is 14.1. The van der Waals surface area contributed by atoms with E-state index >= 15 is 0 Å². The van der Waals surface area contributed by atoms with Gasteiger partial charge in [0, 0.05) is 24.8 Å². The van der Waals surface area contributed by atoms with E-state index < -0.39 is 5.82 Å². The van der Waals surface area contributed by atoms with Crippen LogP contribution in [0.4, 0.5) is 4.39 Å². The van der Waals surface area contributed by atoms with E-state index in [1.807, 2.05) is 30.3 Å². The second kappa shape index (κ2) is 5.41. The quantitative estimate of drug-likeness (QED) is 0.840. The summed E-state index contributed by atoms with van der Waals surface area (Å²) in [6.45, 7) is 1.41. The van der Waals surface area contributed by atoms with E-state index in [-0.39, 0.29) is 11.5 Å². The van der Waals surface area contributed by atoms with Crippen molar-refractivity contribution in [3.8, 4) is 11.1 Å². The predicted octanol–water partition coefficient (Wildman–Crippen LogP) is 3.12. The fourth-order valence-electron chi connectivity index (χ4n) is 2.57. The summed E-state index contributed by atoms with van der Waals surface area (Å²) in [5.74, 6) is -0.787. The number of carbonyl (C=O) groups is 1. The number of hydrogen-bond donors (Lipinski definition) is 0. The molecule has 102 valence electrons. The molecular formula is C16H15FN2O. The third kappa shape index (κ3) is 2.29. The van der Waals surface area contributed by atoms with E-state index in [1.54, 1.807) is 11.1 Å². The molecule has 1 aliphatic heterocycles. The third-order valence-electron chi connectivity index (χ3n) is 3.59. The van der Waals surface area contributed by atoms with Crippen molar-refractivity contribution in [1.82, 2.24) is 9.88 Å². The number of carbonyl (C=O) groups excluding carboxylic acids is 1. The maximum Gasteiger partial charge on any atom is 0.257 e. The summed E-state index contributed by atoms with van der Waals surface area (Å²) >= 11 is 0. The van der Waals surface area contributed by atoms with Crippen molar-refractivity contribution in [2.75, 3.05) is 13.1 Å². The summed E-state index contributed by atoms with van der Waals surface area (Å²) in [5, 5.41) is 0. The lowest BCUT2D eigenvalue weighted by Gasteiger charge is -2.18. The molecule has 1 fully saturated rings. The van der Waals surface area contributed by atoms with Gasteiger partial charge in [0.1, 0.15) is 0 Å². The number of benzene rings is 1. The predicted molar refractivity (Wildman–Crippen MR) is 74.8 cm³/mol. The first-order valence-corrected chi connectivity index (χ1v) is 6.75. The topological polar surface area (TPSA) is 33.2 Å². The number of hydrogen-bond acceptors (Lipinski definition) is 2. The van der Waals surface area contributed by atoms with Gasteiger partial charge in [-0.3, -0.25) is 9.78 Å². The Morgan fingerprint density at radius 1 is 1.10 bits per heavy atom. The molecule has 1 aliphatic rings. The molecule has 1 aromatic carbocycles. The van der Waals surface area contributed by atoms with Crippen molar-refractivity contribution >= 4 is 5.91 Å². The zero-order valence-electron chi connectivity index (χ0n) is 11.1. The maximum atomic E-state index is 14.1. The number of pyridine rings is 1. The molecule has 1 amide bonds. The number of likely N-dealkylation sites (tertiary alicyclic amines) is 1. The first kappa shape index (κ1) is 12.8. The van der Waals surface area contributed by atoms with Crippen molar-refractivity contribution in [2.24, 2.45) is 0 Å². The molecule has 0 N–H and O–H groups in total.